The van der Waals surface area contributed by atoms with Crippen LogP contribution in [0.25, 0.3) is 143 Å². The maximum atomic E-state index is 8.58. The molecule has 107 heavy (non-hydrogen) atoms. The summed E-state index contributed by atoms with van der Waals surface area (Å²) in [5.74, 6) is 0. The number of nitrogens with zero attached hydrogens (tertiary/aromatic N) is 2. The van der Waals surface area contributed by atoms with Gasteiger partial charge in [0.15, 0.2) is 0 Å². The lowest BCUT2D eigenvalue weighted by Crippen LogP contribution is -2.29. The summed E-state index contributed by atoms with van der Waals surface area (Å²) in [6.07, 6.45) is 0. The van der Waals surface area contributed by atoms with E-state index in [1.165, 1.54) is 22.3 Å². The van der Waals surface area contributed by atoms with Crippen molar-refractivity contribution in [2.45, 2.75) is 6.92 Å². The lowest BCUT2D eigenvalue weighted by Gasteiger charge is -2.28. The van der Waals surface area contributed by atoms with Crippen molar-refractivity contribution in [1.82, 2.24) is 0 Å². The second-order valence-corrected chi connectivity index (χ2v) is 26.4. The minimum absolute atomic E-state index is 0. The molecule has 4 aromatic heterocycles. The summed E-state index contributed by atoms with van der Waals surface area (Å²) < 4.78 is 25.9. The minimum Gasteiger partial charge on any atom is -0.456 e. The number of anilines is 6. The first-order valence-electron chi connectivity index (χ1n) is 35.6. The van der Waals surface area contributed by atoms with Crippen molar-refractivity contribution in [1.29, 1.82) is 0 Å². The summed E-state index contributed by atoms with van der Waals surface area (Å²) in [5.41, 5.74) is 26.4. The lowest BCUT2D eigenvalue weighted by molar-refractivity contribution is 0.426. The molecule has 0 aliphatic carbocycles. The molecule has 16 aromatic carbocycles. The van der Waals surface area contributed by atoms with E-state index in [-0.39, 0.29) is 4.70 Å². The monoisotopic (exact) mass is 1390 g/mol. The number of hydrogen-bond donors (Lipinski definition) is 2. The van der Waals surface area contributed by atoms with Crippen LogP contribution in [0.5, 0.6) is 0 Å². The zero-order valence-electron chi connectivity index (χ0n) is 58.2. The standard InChI is InChI=1S/C48H31NO2.C43H29NO2.C6H7BO2.FH/c1-3-12-32(13-4-1)33-22-26-36(27-23-33)49(37-28-24-34(25-29-37)38-18-11-19-41-39-16-7-9-20-44(39)50-47(38)41)43-31-30-42-40-17-8-10-21-45(40)51-48(42)46(43)35-14-5-2-6-15-35;1-28-39(27-26-38-36-13-6-7-16-40(36)45-42(28)38)44(32-22-18-30(19-23-32)29-10-3-2-4-11-29)33-24-20-31(21-25-33)34-14-9-15-37-35-12-5-8-17-41(35)46-43(34)37;8-7(9)6-4-2-1-3-5-6;/h1-31H;2-27H,1H3;1-5,8-9H;1H. The number of fused-ring (bicyclic) bond motifs is 12. The van der Waals surface area contributed by atoms with Crippen LogP contribution in [-0.4, -0.2) is 17.2 Å². The molecule has 0 aliphatic rings. The highest BCUT2D eigenvalue weighted by molar-refractivity contribution is 6.58. The van der Waals surface area contributed by atoms with E-state index in [0.29, 0.717) is 5.46 Å². The molecule has 20 aromatic rings. The number of para-hydroxylation sites is 6. The van der Waals surface area contributed by atoms with Gasteiger partial charge in [-0.2, -0.15) is 0 Å². The van der Waals surface area contributed by atoms with Crippen LogP contribution in [0.15, 0.2) is 394 Å². The van der Waals surface area contributed by atoms with Gasteiger partial charge in [-0.1, -0.05) is 279 Å². The van der Waals surface area contributed by atoms with E-state index in [2.05, 4.69) is 314 Å². The molecule has 0 saturated carbocycles. The predicted octanol–water partition coefficient (Wildman–Crippen LogP) is 26.1. The summed E-state index contributed by atoms with van der Waals surface area (Å²) in [7, 11) is -1.34. The zero-order chi connectivity index (χ0) is 71.0. The highest BCUT2D eigenvalue weighted by Gasteiger charge is 2.25. The molecular formula is C97H68BFN2O6. The Morgan fingerprint density at radius 2 is 0.523 bits per heavy atom. The SMILES string of the molecule is Cc1c(N(c2ccc(-c3ccccc3)cc2)c2ccc(-c3cccc4c3oc3ccccc34)cc2)ccc2c1oc1ccccc12.F.OB(O)c1ccccc1.c1ccc(-c2ccc(N(c3ccc(-c4cccc5c4oc4ccccc45)cc3)c3ccc4c(oc5ccccc54)c3-c3ccccc3)cc2)cc1. The normalized spacial score (nSPS) is 11.2. The average molecular weight is 1390 g/mol. The van der Waals surface area contributed by atoms with Gasteiger partial charge in [-0.15, -0.1) is 0 Å². The summed E-state index contributed by atoms with van der Waals surface area (Å²) in [5, 5.41) is 26.2. The molecule has 512 valence electrons. The summed E-state index contributed by atoms with van der Waals surface area (Å²) in [6.45, 7) is 2.15. The highest BCUT2D eigenvalue weighted by atomic mass is 19.0. The van der Waals surface area contributed by atoms with Gasteiger partial charge in [0.25, 0.3) is 0 Å². The zero-order valence-corrected chi connectivity index (χ0v) is 58.2. The quantitative estimate of drug-likeness (QED) is 0.117. The van der Waals surface area contributed by atoms with Crippen LogP contribution in [-0.2, 0) is 0 Å². The van der Waals surface area contributed by atoms with E-state index < -0.39 is 7.12 Å². The maximum Gasteiger partial charge on any atom is 0.488 e. The largest absolute Gasteiger partial charge is 0.488 e. The molecular weight excluding hydrogens is 1320 g/mol. The molecule has 8 nitrogen and oxygen atoms in total. The van der Waals surface area contributed by atoms with Crippen molar-refractivity contribution in [2.75, 3.05) is 9.80 Å². The molecule has 0 fully saturated rings. The van der Waals surface area contributed by atoms with Gasteiger partial charge < -0.3 is 37.5 Å². The van der Waals surface area contributed by atoms with Crippen molar-refractivity contribution in [3.63, 3.8) is 0 Å². The number of rotatable bonds is 12. The Labute approximate surface area is 617 Å². The summed E-state index contributed by atoms with van der Waals surface area (Å²) in [4.78, 5) is 4.66. The van der Waals surface area contributed by atoms with Gasteiger partial charge in [0, 0.05) is 88.1 Å². The fourth-order valence-electron chi connectivity index (χ4n) is 14.9. The molecule has 10 heteroatoms. The lowest BCUT2D eigenvalue weighted by atomic mass is 9.81. The fraction of sp³-hybridized carbons (Fsp3) is 0.0103. The Morgan fingerprint density at radius 3 is 0.916 bits per heavy atom. The molecule has 20 rings (SSSR count). The second-order valence-electron chi connectivity index (χ2n) is 26.4. The average Bonchev–Trinajstić information content (AvgIpc) is 1.28. The smallest absolute Gasteiger partial charge is 0.456 e. The highest BCUT2D eigenvalue weighted by Crippen LogP contribution is 2.49. The molecule has 0 atom stereocenters. The van der Waals surface area contributed by atoms with Gasteiger partial charge in [0.05, 0.1) is 11.4 Å². The fourth-order valence-corrected chi connectivity index (χ4v) is 14.9. The first-order valence-corrected chi connectivity index (χ1v) is 35.6. The van der Waals surface area contributed by atoms with E-state index in [0.717, 1.165) is 161 Å². The van der Waals surface area contributed by atoms with Gasteiger partial charge in [-0.05, 0) is 148 Å². The van der Waals surface area contributed by atoms with Crippen LogP contribution < -0.4 is 15.3 Å². The van der Waals surface area contributed by atoms with Gasteiger partial charge in [-0.25, -0.2) is 0 Å². The number of aryl methyl sites for hydroxylation is 1. The van der Waals surface area contributed by atoms with Gasteiger partial charge in [0.1, 0.15) is 44.7 Å². The Morgan fingerprint density at radius 1 is 0.234 bits per heavy atom. The minimum atomic E-state index is -1.34. The maximum absolute atomic E-state index is 8.58. The van der Waals surface area contributed by atoms with E-state index in [4.69, 9.17) is 27.7 Å². The van der Waals surface area contributed by atoms with Gasteiger partial charge in [0.2, 0.25) is 0 Å². The van der Waals surface area contributed by atoms with E-state index >= 15 is 0 Å². The number of benzene rings is 16. The molecule has 4 heterocycles. The molecule has 0 aliphatic heterocycles. The summed E-state index contributed by atoms with van der Waals surface area (Å²) >= 11 is 0. The number of furan rings is 4. The Balaban J connectivity index is 0.000000140. The summed E-state index contributed by atoms with van der Waals surface area (Å²) in [6, 6.07) is 130. The predicted molar refractivity (Wildman–Crippen MR) is 442 cm³/mol. The first-order chi connectivity index (χ1) is 52.3. The molecule has 0 amide bonds. The van der Waals surface area contributed by atoms with Crippen molar-refractivity contribution < 1.29 is 32.4 Å². The number of halogens is 1. The van der Waals surface area contributed by atoms with Crippen LogP contribution in [0.4, 0.5) is 38.8 Å². The molecule has 0 radical (unpaired) electrons. The van der Waals surface area contributed by atoms with E-state index in [1.807, 2.05) is 54.6 Å². The third-order valence-electron chi connectivity index (χ3n) is 20.1. The third kappa shape index (κ3) is 12.6. The van der Waals surface area contributed by atoms with Crippen LogP contribution in [0.3, 0.4) is 0 Å². The van der Waals surface area contributed by atoms with Crippen molar-refractivity contribution in [3.05, 3.63) is 382 Å². The number of hydrogen-bond acceptors (Lipinski definition) is 8. The Bertz CT molecular complexity index is 6540. The van der Waals surface area contributed by atoms with Gasteiger partial charge >= 0.3 is 7.12 Å². The van der Waals surface area contributed by atoms with E-state index in [1.54, 1.807) is 24.3 Å². The molecule has 0 unspecified atom stereocenters. The molecule has 0 bridgehead atoms. The van der Waals surface area contributed by atoms with E-state index in [9.17, 15) is 0 Å². The molecule has 0 spiro atoms. The Kier molecular flexibility index (Phi) is 17.9. The topological polar surface area (TPSA) is 99.5 Å². The molecule has 0 saturated heterocycles. The van der Waals surface area contributed by atoms with Crippen molar-refractivity contribution in [2.24, 2.45) is 0 Å². The van der Waals surface area contributed by atoms with Crippen molar-refractivity contribution in [3.8, 4) is 55.6 Å². The van der Waals surface area contributed by atoms with Crippen molar-refractivity contribution >= 4 is 134 Å². The molecule has 2 N–H and O–H groups in total. The van der Waals surface area contributed by atoms with Crippen LogP contribution in [0, 0.1) is 6.92 Å². The Hall–Kier alpha value is -13.8. The second kappa shape index (κ2) is 28.8. The first kappa shape index (κ1) is 66.5. The van der Waals surface area contributed by atoms with Crippen LogP contribution in [0.1, 0.15) is 5.56 Å². The van der Waals surface area contributed by atoms with Crippen LogP contribution in [0.2, 0.25) is 0 Å². The van der Waals surface area contributed by atoms with Gasteiger partial charge in [-0.3, -0.25) is 4.70 Å². The third-order valence-corrected chi connectivity index (χ3v) is 20.1. The van der Waals surface area contributed by atoms with Crippen LogP contribution >= 0.6 is 0 Å².